The number of hydrogen-bond acceptors (Lipinski definition) is 2. The van der Waals surface area contributed by atoms with Crippen LogP contribution in [0.4, 0.5) is 19.4 Å². The molecule has 0 bridgehead atoms. The fourth-order valence-corrected chi connectivity index (χ4v) is 2.44. The SMILES string of the molecule is Cn1ccc(CNC(=O)Nc2cc(-c3cc(F)cc(F)c3)nn2C)c1. The van der Waals surface area contributed by atoms with Crippen molar-refractivity contribution in [3.63, 3.8) is 0 Å². The highest BCUT2D eigenvalue weighted by atomic mass is 19.1. The van der Waals surface area contributed by atoms with Gasteiger partial charge in [-0.1, -0.05) is 0 Å². The maximum absolute atomic E-state index is 13.3. The molecular weight excluding hydrogens is 328 g/mol. The highest BCUT2D eigenvalue weighted by molar-refractivity contribution is 5.89. The van der Waals surface area contributed by atoms with Gasteiger partial charge in [-0.05, 0) is 23.8 Å². The molecular formula is C17H17F2N5O. The lowest BCUT2D eigenvalue weighted by Crippen LogP contribution is -2.28. The van der Waals surface area contributed by atoms with Gasteiger partial charge in [-0.25, -0.2) is 13.6 Å². The average Bonchev–Trinajstić information content (AvgIpc) is 3.11. The molecule has 3 aromatic rings. The number of aromatic nitrogens is 3. The van der Waals surface area contributed by atoms with Crippen molar-refractivity contribution >= 4 is 11.8 Å². The van der Waals surface area contributed by atoms with Crippen LogP contribution in [-0.4, -0.2) is 20.4 Å². The summed E-state index contributed by atoms with van der Waals surface area (Å²) in [6.07, 6.45) is 3.79. The standard InChI is InChI=1S/C17H17F2N5O/c1-23-4-3-11(10-23)9-20-17(25)21-16-8-15(22-24(16)2)12-5-13(18)7-14(19)6-12/h3-8,10H,9H2,1-2H3,(H2,20,21,25). The summed E-state index contributed by atoms with van der Waals surface area (Å²) in [7, 11) is 3.53. The lowest BCUT2D eigenvalue weighted by molar-refractivity contribution is 0.251. The highest BCUT2D eigenvalue weighted by Crippen LogP contribution is 2.23. The number of nitrogens with zero attached hydrogens (tertiary/aromatic N) is 3. The molecule has 0 atom stereocenters. The predicted octanol–water partition coefficient (Wildman–Crippen LogP) is 3.03. The van der Waals surface area contributed by atoms with E-state index in [1.165, 1.54) is 16.8 Å². The molecule has 25 heavy (non-hydrogen) atoms. The van der Waals surface area contributed by atoms with E-state index in [1.54, 1.807) is 13.1 Å². The third-order valence-corrected chi connectivity index (χ3v) is 3.63. The summed E-state index contributed by atoms with van der Waals surface area (Å²) in [6, 6.07) is 6.22. The first-order chi connectivity index (χ1) is 11.9. The zero-order valence-corrected chi connectivity index (χ0v) is 13.8. The van der Waals surface area contributed by atoms with E-state index in [2.05, 4.69) is 15.7 Å². The van der Waals surface area contributed by atoms with Crippen LogP contribution in [0.2, 0.25) is 0 Å². The molecule has 0 radical (unpaired) electrons. The van der Waals surface area contributed by atoms with Gasteiger partial charge in [-0.2, -0.15) is 5.10 Å². The van der Waals surface area contributed by atoms with Gasteiger partial charge in [0.05, 0.1) is 5.69 Å². The van der Waals surface area contributed by atoms with Crippen molar-refractivity contribution in [2.24, 2.45) is 14.1 Å². The van der Waals surface area contributed by atoms with Crippen LogP contribution in [0.3, 0.4) is 0 Å². The molecule has 0 aliphatic rings. The lowest BCUT2D eigenvalue weighted by atomic mass is 10.1. The van der Waals surface area contributed by atoms with Gasteiger partial charge in [0.2, 0.25) is 0 Å². The number of nitrogens with one attached hydrogen (secondary N) is 2. The third-order valence-electron chi connectivity index (χ3n) is 3.63. The number of amides is 2. The molecule has 2 amide bonds. The van der Waals surface area contributed by atoms with E-state index in [0.717, 1.165) is 11.6 Å². The van der Waals surface area contributed by atoms with Gasteiger partial charge in [-0.15, -0.1) is 0 Å². The van der Waals surface area contributed by atoms with E-state index < -0.39 is 17.7 Å². The molecule has 8 heteroatoms. The molecule has 0 fully saturated rings. The van der Waals surface area contributed by atoms with Gasteiger partial charge in [0.25, 0.3) is 0 Å². The van der Waals surface area contributed by atoms with Crippen molar-refractivity contribution in [3.05, 3.63) is 59.9 Å². The second-order valence-corrected chi connectivity index (χ2v) is 5.69. The topological polar surface area (TPSA) is 63.9 Å². The first kappa shape index (κ1) is 16.7. The third kappa shape index (κ3) is 4.03. The minimum absolute atomic E-state index is 0.297. The first-order valence-electron chi connectivity index (χ1n) is 7.57. The number of carbonyl (C=O) groups excluding carboxylic acids is 1. The van der Waals surface area contributed by atoms with E-state index in [4.69, 9.17) is 0 Å². The normalized spacial score (nSPS) is 10.7. The number of carbonyl (C=O) groups is 1. The summed E-state index contributed by atoms with van der Waals surface area (Å²) in [5.74, 6) is -0.961. The molecule has 0 spiro atoms. The molecule has 1 aromatic carbocycles. The summed E-state index contributed by atoms with van der Waals surface area (Å²) in [6.45, 7) is 0.381. The molecule has 130 valence electrons. The summed E-state index contributed by atoms with van der Waals surface area (Å²) >= 11 is 0. The van der Waals surface area contributed by atoms with Crippen molar-refractivity contribution < 1.29 is 13.6 Å². The predicted molar refractivity (Wildman–Crippen MR) is 89.8 cm³/mol. The molecule has 0 saturated heterocycles. The number of anilines is 1. The van der Waals surface area contributed by atoms with E-state index in [1.807, 2.05) is 30.1 Å². The molecule has 0 aliphatic carbocycles. The number of urea groups is 1. The highest BCUT2D eigenvalue weighted by Gasteiger charge is 2.12. The minimum atomic E-state index is -0.684. The summed E-state index contributed by atoms with van der Waals surface area (Å²) in [4.78, 5) is 12.0. The Labute approximate surface area is 143 Å². The van der Waals surface area contributed by atoms with Crippen molar-refractivity contribution in [1.82, 2.24) is 19.7 Å². The van der Waals surface area contributed by atoms with Crippen molar-refractivity contribution in [2.75, 3.05) is 5.32 Å². The molecule has 2 aromatic heterocycles. The average molecular weight is 345 g/mol. The van der Waals surface area contributed by atoms with Gasteiger partial charge in [0, 0.05) is 50.7 Å². The molecule has 0 aliphatic heterocycles. The largest absolute Gasteiger partial charge is 0.357 e. The van der Waals surface area contributed by atoms with Crippen LogP contribution in [-0.2, 0) is 20.6 Å². The molecule has 2 heterocycles. The number of halogens is 2. The van der Waals surface area contributed by atoms with Gasteiger partial charge in [0.1, 0.15) is 17.5 Å². The smallest absolute Gasteiger partial charge is 0.320 e. The van der Waals surface area contributed by atoms with E-state index in [-0.39, 0.29) is 0 Å². The fourth-order valence-electron chi connectivity index (χ4n) is 2.44. The van der Waals surface area contributed by atoms with Gasteiger partial charge >= 0.3 is 6.03 Å². The quantitative estimate of drug-likeness (QED) is 0.763. The number of benzene rings is 1. The zero-order valence-electron chi connectivity index (χ0n) is 13.8. The van der Waals surface area contributed by atoms with Gasteiger partial charge in [-0.3, -0.25) is 10.00 Å². The monoisotopic (exact) mass is 345 g/mol. The molecule has 0 unspecified atom stereocenters. The molecule has 3 rings (SSSR count). The van der Waals surface area contributed by atoms with Gasteiger partial charge in [0.15, 0.2) is 0 Å². The Bertz CT molecular complexity index is 895. The Morgan fingerprint density at radius 1 is 1.16 bits per heavy atom. The van der Waals surface area contributed by atoms with Crippen LogP contribution in [0.1, 0.15) is 5.56 Å². The Kier molecular flexibility index (Phi) is 4.51. The van der Waals surface area contributed by atoms with Gasteiger partial charge < -0.3 is 9.88 Å². The maximum atomic E-state index is 13.3. The van der Waals surface area contributed by atoms with Crippen molar-refractivity contribution in [2.45, 2.75) is 6.54 Å². The number of hydrogen-bond donors (Lipinski definition) is 2. The minimum Gasteiger partial charge on any atom is -0.357 e. The van der Waals surface area contributed by atoms with Crippen LogP contribution >= 0.6 is 0 Å². The molecule has 2 N–H and O–H groups in total. The molecule has 0 saturated carbocycles. The summed E-state index contributed by atoms with van der Waals surface area (Å²) in [5, 5.41) is 9.57. The second-order valence-electron chi connectivity index (χ2n) is 5.69. The Balaban J connectivity index is 1.68. The summed E-state index contributed by atoms with van der Waals surface area (Å²) in [5.41, 5.74) is 1.63. The van der Waals surface area contributed by atoms with Crippen LogP contribution < -0.4 is 10.6 Å². The maximum Gasteiger partial charge on any atom is 0.320 e. The van der Waals surface area contributed by atoms with E-state index in [0.29, 0.717) is 23.6 Å². The second kappa shape index (κ2) is 6.76. The van der Waals surface area contributed by atoms with Crippen molar-refractivity contribution in [3.8, 4) is 11.3 Å². The number of aryl methyl sites for hydroxylation is 2. The van der Waals surface area contributed by atoms with Crippen molar-refractivity contribution in [1.29, 1.82) is 0 Å². The summed E-state index contributed by atoms with van der Waals surface area (Å²) < 4.78 is 30.0. The Hall–Kier alpha value is -3.16. The first-order valence-corrected chi connectivity index (χ1v) is 7.57. The van der Waals surface area contributed by atoms with E-state index in [9.17, 15) is 13.6 Å². The van der Waals surface area contributed by atoms with E-state index >= 15 is 0 Å². The van der Waals surface area contributed by atoms with Crippen LogP contribution in [0, 0.1) is 11.6 Å². The van der Waals surface area contributed by atoms with Crippen LogP contribution in [0.25, 0.3) is 11.3 Å². The lowest BCUT2D eigenvalue weighted by Gasteiger charge is -2.06. The Morgan fingerprint density at radius 2 is 1.88 bits per heavy atom. The Morgan fingerprint density at radius 3 is 2.52 bits per heavy atom. The molecule has 6 nitrogen and oxygen atoms in total. The fraction of sp³-hybridized carbons (Fsp3) is 0.176. The van der Waals surface area contributed by atoms with Crippen LogP contribution in [0.15, 0.2) is 42.7 Å². The number of rotatable bonds is 4. The van der Waals surface area contributed by atoms with Crippen LogP contribution in [0.5, 0.6) is 0 Å². The zero-order chi connectivity index (χ0) is 18.0.